The molecule has 0 saturated carbocycles. The average Bonchev–Trinajstić information content (AvgIpc) is 2.81. The van der Waals surface area contributed by atoms with E-state index < -0.39 is 0 Å². The lowest BCUT2D eigenvalue weighted by molar-refractivity contribution is 0.118. The van der Waals surface area contributed by atoms with Crippen molar-refractivity contribution in [1.82, 2.24) is 5.32 Å². The van der Waals surface area contributed by atoms with Gasteiger partial charge in [0, 0.05) is 6.61 Å². The van der Waals surface area contributed by atoms with Gasteiger partial charge < -0.3 is 19.5 Å². The van der Waals surface area contributed by atoms with Crippen LogP contribution in [0, 0.1) is 0 Å². The molecule has 1 aliphatic heterocycles. The second kappa shape index (κ2) is 6.47. The third-order valence-corrected chi connectivity index (χ3v) is 2.60. The molecule has 4 nitrogen and oxygen atoms in total. The van der Waals surface area contributed by atoms with Crippen molar-refractivity contribution in [2.75, 3.05) is 26.5 Å². The third-order valence-electron chi connectivity index (χ3n) is 2.60. The molecule has 0 radical (unpaired) electrons. The second-order valence-electron chi connectivity index (χ2n) is 3.95. The minimum Gasteiger partial charge on any atom is -0.454 e. The summed E-state index contributed by atoms with van der Waals surface area (Å²) >= 11 is 0. The van der Waals surface area contributed by atoms with Crippen LogP contribution in [-0.2, 0) is 11.3 Å². The number of rotatable bonds is 7. The molecule has 0 spiro atoms. The molecule has 1 aliphatic rings. The summed E-state index contributed by atoms with van der Waals surface area (Å²) in [4.78, 5) is 0. The minimum absolute atomic E-state index is 0.322. The lowest BCUT2D eigenvalue weighted by Crippen LogP contribution is -2.15. The van der Waals surface area contributed by atoms with E-state index >= 15 is 0 Å². The fourth-order valence-electron chi connectivity index (χ4n) is 1.70. The Hall–Kier alpha value is -1.26. The van der Waals surface area contributed by atoms with Gasteiger partial charge in [-0.25, -0.2) is 0 Å². The van der Waals surface area contributed by atoms with Gasteiger partial charge in [-0.2, -0.15) is 0 Å². The number of benzene rings is 1. The standard InChI is InChI=1S/C13H19NO3/c1-2-14-6-3-7-15-9-11-4-5-12-13(8-11)17-10-16-12/h4-5,8,14H,2-3,6-7,9-10H2,1H3. The van der Waals surface area contributed by atoms with Gasteiger partial charge >= 0.3 is 0 Å². The lowest BCUT2D eigenvalue weighted by Gasteiger charge is -2.05. The van der Waals surface area contributed by atoms with Gasteiger partial charge in [0.25, 0.3) is 0 Å². The van der Waals surface area contributed by atoms with Gasteiger partial charge in [-0.1, -0.05) is 13.0 Å². The summed E-state index contributed by atoms with van der Waals surface area (Å²) in [5, 5.41) is 3.26. The van der Waals surface area contributed by atoms with Crippen molar-refractivity contribution >= 4 is 0 Å². The zero-order chi connectivity index (χ0) is 11.9. The predicted octanol–water partition coefficient (Wildman–Crippen LogP) is 1.93. The van der Waals surface area contributed by atoms with E-state index in [4.69, 9.17) is 14.2 Å². The molecule has 0 aliphatic carbocycles. The quantitative estimate of drug-likeness (QED) is 0.736. The van der Waals surface area contributed by atoms with Crippen LogP contribution in [0.2, 0.25) is 0 Å². The Kier molecular flexibility index (Phi) is 4.64. The Bertz CT molecular complexity index is 355. The molecule has 94 valence electrons. The van der Waals surface area contributed by atoms with Crippen LogP contribution in [0.1, 0.15) is 18.9 Å². The largest absolute Gasteiger partial charge is 0.454 e. The molecule has 0 atom stereocenters. The highest BCUT2D eigenvalue weighted by atomic mass is 16.7. The number of fused-ring (bicyclic) bond motifs is 1. The Morgan fingerprint density at radius 3 is 3.06 bits per heavy atom. The van der Waals surface area contributed by atoms with Crippen molar-refractivity contribution in [3.63, 3.8) is 0 Å². The van der Waals surface area contributed by atoms with E-state index in [-0.39, 0.29) is 0 Å². The monoisotopic (exact) mass is 237 g/mol. The number of hydrogen-bond acceptors (Lipinski definition) is 4. The molecular formula is C13H19NO3. The van der Waals surface area contributed by atoms with Crippen molar-refractivity contribution in [2.24, 2.45) is 0 Å². The average molecular weight is 237 g/mol. The molecule has 0 unspecified atom stereocenters. The van der Waals surface area contributed by atoms with Crippen LogP contribution in [0.3, 0.4) is 0 Å². The highest BCUT2D eigenvalue weighted by Crippen LogP contribution is 2.32. The summed E-state index contributed by atoms with van der Waals surface area (Å²) in [6.07, 6.45) is 1.04. The summed E-state index contributed by atoms with van der Waals surface area (Å²) in [5.74, 6) is 1.64. The van der Waals surface area contributed by atoms with Crippen molar-refractivity contribution < 1.29 is 14.2 Å². The SMILES string of the molecule is CCNCCCOCc1ccc2c(c1)OCO2. The van der Waals surface area contributed by atoms with Gasteiger partial charge in [0.2, 0.25) is 6.79 Å². The highest BCUT2D eigenvalue weighted by Gasteiger charge is 2.12. The number of hydrogen-bond donors (Lipinski definition) is 1. The Morgan fingerprint density at radius 1 is 1.29 bits per heavy atom. The summed E-state index contributed by atoms with van der Waals surface area (Å²) in [6.45, 7) is 5.86. The van der Waals surface area contributed by atoms with E-state index in [9.17, 15) is 0 Å². The molecule has 1 aromatic rings. The summed E-state index contributed by atoms with van der Waals surface area (Å²) < 4.78 is 16.2. The fourth-order valence-corrected chi connectivity index (χ4v) is 1.70. The molecule has 0 saturated heterocycles. The van der Waals surface area contributed by atoms with Crippen molar-refractivity contribution in [3.8, 4) is 11.5 Å². The first-order chi connectivity index (χ1) is 8.40. The maximum absolute atomic E-state index is 5.59. The molecule has 0 bridgehead atoms. The number of nitrogens with one attached hydrogen (secondary N) is 1. The normalized spacial score (nSPS) is 13.0. The van der Waals surface area contributed by atoms with Gasteiger partial charge in [0.15, 0.2) is 11.5 Å². The lowest BCUT2D eigenvalue weighted by atomic mass is 10.2. The molecule has 1 N–H and O–H groups in total. The predicted molar refractivity (Wildman–Crippen MR) is 65.4 cm³/mol. The van der Waals surface area contributed by atoms with Gasteiger partial charge in [-0.15, -0.1) is 0 Å². The van der Waals surface area contributed by atoms with E-state index in [0.29, 0.717) is 13.4 Å². The first-order valence-electron chi connectivity index (χ1n) is 6.07. The van der Waals surface area contributed by atoms with Crippen molar-refractivity contribution in [1.29, 1.82) is 0 Å². The van der Waals surface area contributed by atoms with Crippen LogP contribution in [-0.4, -0.2) is 26.5 Å². The van der Waals surface area contributed by atoms with E-state index in [2.05, 4.69) is 12.2 Å². The van der Waals surface area contributed by atoms with Crippen molar-refractivity contribution in [3.05, 3.63) is 23.8 Å². The molecule has 17 heavy (non-hydrogen) atoms. The van der Waals surface area contributed by atoms with E-state index in [1.807, 2.05) is 18.2 Å². The Labute approximate surface area is 102 Å². The topological polar surface area (TPSA) is 39.7 Å². The first kappa shape index (κ1) is 12.2. The molecule has 2 rings (SSSR count). The van der Waals surface area contributed by atoms with Gasteiger partial charge in [-0.05, 0) is 37.2 Å². The molecule has 0 amide bonds. The van der Waals surface area contributed by atoms with Gasteiger partial charge in [0.1, 0.15) is 0 Å². The fraction of sp³-hybridized carbons (Fsp3) is 0.538. The molecule has 4 heteroatoms. The molecule has 1 aromatic carbocycles. The maximum Gasteiger partial charge on any atom is 0.231 e. The van der Waals surface area contributed by atoms with Crippen molar-refractivity contribution in [2.45, 2.75) is 20.0 Å². The second-order valence-corrected chi connectivity index (χ2v) is 3.95. The smallest absolute Gasteiger partial charge is 0.231 e. The first-order valence-corrected chi connectivity index (χ1v) is 6.07. The Balaban J connectivity index is 1.69. The third kappa shape index (κ3) is 3.61. The molecular weight excluding hydrogens is 218 g/mol. The minimum atomic E-state index is 0.322. The summed E-state index contributed by atoms with van der Waals surface area (Å²) in [6, 6.07) is 5.92. The molecule has 0 fully saturated rings. The van der Waals surface area contributed by atoms with Gasteiger partial charge in [0.05, 0.1) is 6.61 Å². The Morgan fingerprint density at radius 2 is 2.18 bits per heavy atom. The van der Waals surface area contributed by atoms with E-state index in [0.717, 1.165) is 43.2 Å². The zero-order valence-corrected chi connectivity index (χ0v) is 10.2. The van der Waals surface area contributed by atoms with Gasteiger partial charge in [-0.3, -0.25) is 0 Å². The van der Waals surface area contributed by atoms with Crippen LogP contribution >= 0.6 is 0 Å². The van der Waals surface area contributed by atoms with Crippen LogP contribution in [0.15, 0.2) is 18.2 Å². The van der Waals surface area contributed by atoms with E-state index in [1.54, 1.807) is 0 Å². The highest BCUT2D eigenvalue weighted by molar-refractivity contribution is 5.44. The molecule has 0 aromatic heterocycles. The van der Waals surface area contributed by atoms with Crippen LogP contribution in [0.4, 0.5) is 0 Å². The summed E-state index contributed by atoms with van der Waals surface area (Å²) in [5.41, 5.74) is 1.12. The maximum atomic E-state index is 5.59. The molecule has 1 heterocycles. The van der Waals surface area contributed by atoms with E-state index in [1.165, 1.54) is 0 Å². The number of ether oxygens (including phenoxy) is 3. The van der Waals surface area contributed by atoms with Crippen LogP contribution in [0.5, 0.6) is 11.5 Å². The van der Waals surface area contributed by atoms with Crippen LogP contribution in [0.25, 0.3) is 0 Å². The summed E-state index contributed by atoms with van der Waals surface area (Å²) in [7, 11) is 0. The zero-order valence-electron chi connectivity index (χ0n) is 10.2. The van der Waals surface area contributed by atoms with Crippen LogP contribution < -0.4 is 14.8 Å².